The van der Waals surface area contributed by atoms with Gasteiger partial charge < -0.3 is 9.51 Å². The largest absolute Gasteiger partial charge is 0.465 e. The van der Waals surface area contributed by atoms with Gasteiger partial charge in [-0.2, -0.15) is 0 Å². The maximum absolute atomic E-state index is 12.7. The molecule has 0 spiro atoms. The van der Waals surface area contributed by atoms with Crippen LogP contribution in [0, 0.1) is 5.82 Å². The molecular formula is C8H6FN3O2. The highest BCUT2D eigenvalue weighted by Crippen LogP contribution is 2.10. The number of aromatic nitrogens is 2. The molecule has 6 heteroatoms. The van der Waals surface area contributed by atoms with Crippen LogP contribution in [0.2, 0.25) is 0 Å². The molecule has 0 aromatic carbocycles. The molecule has 14 heavy (non-hydrogen) atoms. The minimum Gasteiger partial charge on any atom is -0.465 e. The fraction of sp³-hybridized carbons (Fsp3) is 0. The Morgan fingerprint density at radius 3 is 3.00 bits per heavy atom. The molecule has 2 rings (SSSR count). The Kier molecular flexibility index (Phi) is 1.81. The first-order chi connectivity index (χ1) is 6.65. The monoisotopic (exact) mass is 195 g/mol. The minimum atomic E-state index is -1.20. The van der Waals surface area contributed by atoms with E-state index in [0.29, 0.717) is 5.65 Å². The number of nitrogens with one attached hydrogen (secondary N) is 1. The fourth-order valence-corrected chi connectivity index (χ4v) is 1.13. The van der Waals surface area contributed by atoms with Crippen LogP contribution in [0.1, 0.15) is 0 Å². The van der Waals surface area contributed by atoms with Gasteiger partial charge in [0.2, 0.25) is 0 Å². The van der Waals surface area contributed by atoms with Gasteiger partial charge in [-0.05, 0) is 12.1 Å². The van der Waals surface area contributed by atoms with Crippen molar-refractivity contribution in [1.82, 2.24) is 9.38 Å². The zero-order valence-electron chi connectivity index (χ0n) is 6.94. The number of anilines is 1. The van der Waals surface area contributed by atoms with Crippen LogP contribution in [0.25, 0.3) is 5.65 Å². The van der Waals surface area contributed by atoms with Crippen LogP contribution in [-0.4, -0.2) is 20.6 Å². The molecule has 5 nitrogen and oxygen atoms in total. The van der Waals surface area contributed by atoms with E-state index in [2.05, 4.69) is 10.3 Å². The highest BCUT2D eigenvalue weighted by Gasteiger charge is 2.04. The maximum Gasteiger partial charge on any atom is 0.410 e. The molecule has 0 aliphatic heterocycles. The number of carbonyl (C=O) groups is 1. The second kappa shape index (κ2) is 2.99. The third kappa shape index (κ3) is 1.49. The summed E-state index contributed by atoms with van der Waals surface area (Å²) >= 11 is 0. The number of nitrogens with zero attached hydrogens (tertiary/aromatic N) is 2. The van der Waals surface area contributed by atoms with Crippen LogP contribution >= 0.6 is 0 Å². The highest BCUT2D eigenvalue weighted by atomic mass is 19.1. The second-order valence-corrected chi connectivity index (χ2v) is 2.67. The number of pyridine rings is 1. The van der Waals surface area contributed by atoms with Crippen molar-refractivity contribution in [3.8, 4) is 0 Å². The van der Waals surface area contributed by atoms with Gasteiger partial charge in [-0.15, -0.1) is 0 Å². The van der Waals surface area contributed by atoms with E-state index in [-0.39, 0.29) is 5.82 Å². The van der Waals surface area contributed by atoms with Crippen LogP contribution in [0.4, 0.5) is 15.0 Å². The van der Waals surface area contributed by atoms with E-state index in [1.54, 1.807) is 0 Å². The molecule has 0 aliphatic rings. The number of halogens is 1. The van der Waals surface area contributed by atoms with Gasteiger partial charge in [-0.1, -0.05) is 0 Å². The number of rotatable bonds is 1. The summed E-state index contributed by atoms with van der Waals surface area (Å²) in [5, 5.41) is 10.5. The number of fused-ring (bicyclic) bond motifs is 1. The molecule has 0 saturated carbocycles. The smallest absolute Gasteiger partial charge is 0.410 e. The summed E-state index contributed by atoms with van der Waals surface area (Å²) in [6.45, 7) is 0. The van der Waals surface area contributed by atoms with E-state index in [4.69, 9.17) is 5.11 Å². The first kappa shape index (κ1) is 8.49. The van der Waals surface area contributed by atoms with E-state index in [1.807, 2.05) is 0 Å². The number of hydrogen-bond donors (Lipinski definition) is 2. The number of amides is 1. The van der Waals surface area contributed by atoms with Gasteiger partial charge in [0.1, 0.15) is 11.5 Å². The quantitative estimate of drug-likeness (QED) is 0.725. The Bertz CT molecular complexity index is 494. The lowest BCUT2D eigenvalue weighted by Gasteiger charge is -1.90. The van der Waals surface area contributed by atoms with Gasteiger partial charge in [-0.3, -0.25) is 5.32 Å². The number of hydrogen-bond acceptors (Lipinski definition) is 2. The molecule has 0 unspecified atom stereocenters. The van der Waals surface area contributed by atoms with E-state index in [0.717, 1.165) is 0 Å². The molecular weight excluding hydrogens is 189 g/mol. The predicted octanol–water partition coefficient (Wildman–Crippen LogP) is 1.56. The Morgan fingerprint density at radius 1 is 1.50 bits per heavy atom. The van der Waals surface area contributed by atoms with Gasteiger partial charge in [0, 0.05) is 6.20 Å². The molecule has 0 bridgehead atoms. The average Bonchev–Trinajstić information content (AvgIpc) is 2.44. The SMILES string of the molecule is O=C(O)Nc1cn2cc(F)ccc2n1. The molecule has 0 saturated heterocycles. The Morgan fingerprint density at radius 2 is 2.29 bits per heavy atom. The van der Waals surface area contributed by atoms with Gasteiger partial charge in [0.15, 0.2) is 5.82 Å². The van der Waals surface area contributed by atoms with Crippen molar-refractivity contribution >= 4 is 17.6 Å². The normalized spacial score (nSPS) is 10.4. The summed E-state index contributed by atoms with van der Waals surface area (Å²) in [4.78, 5) is 14.2. The van der Waals surface area contributed by atoms with Gasteiger partial charge in [0.25, 0.3) is 0 Å². The molecule has 2 N–H and O–H groups in total. The van der Waals surface area contributed by atoms with Crippen molar-refractivity contribution < 1.29 is 14.3 Å². The Labute approximate surface area is 77.8 Å². The molecule has 0 atom stereocenters. The summed E-state index contributed by atoms with van der Waals surface area (Å²) in [5.41, 5.74) is 0.482. The first-order valence-corrected chi connectivity index (χ1v) is 3.79. The molecule has 0 fully saturated rings. The van der Waals surface area contributed by atoms with Gasteiger partial charge in [-0.25, -0.2) is 14.2 Å². The molecule has 2 aromatic heterocycles. The van der Waals surface area contributed by atoms with Crippen molar-refractivity contribution in [3.05, 3.63) is 30.3 Å². The van der Waals surface area contributed by atoms with E-state index >= 15 is 0 Å². The molecule has 72 valence electrons. The number of carboxylic acid groups (broad SMARTS) is 1. The van der Waals surface area contributed by atoms with Crippen LogP contribution in [0.15, 0.2) is 24.5 Å². The van der Waals surface area contributed by atoms with E-state index in [9.17, 15) is 9.18 Å². The van der Waals surface area contributed by atoms with E-state index in [1.165, 1.54) is 28.9 Å². The van der Waals surface area contributed by atoms with Gasteiger partial charge in [0.05, 0.1) is 6.20 Å². The Hall–Kier alpha value is -2.11. The molecule has 1 amide bonds. The Balaban J connectivity index is 2.46. The van der Waals surface area contributed by atoms with Crippen LogP contribution in [0.5, 0.6) is 0 Å². The van der Waals surface area contributed by atoms with E-state index < -0.39 is 11.9 Å². The maximum atomic E-state index is 12.7. The molecule has 2 aromatic rings. The lowest BCUT2D eigenvalue weighted by Crippen LogP contribution is -2.06. The summed E-state index contributed by atoms with van der Waals surface area (Å²) < 4.78 is 14.1. The summed E-state index contributed by atoms with van der Waals surface area (Å²) in [5.74, 6) is -0.236. The summed E-state index contributed by atoms with van der Waals surface area (Å²) in [7, 11) is 0. The second-order valence-electron chi connectivity index (χ2n) is 2.67. The van der Waals surface area contributed by atoms with Crippen molar-refractivity contribution in [2.75, 3.05) is 5.32 Å². The van der Waals surface area contributed by atoms with Gasteiger partial charge >= 0.3 is 6.09 Å². The molecule has 0 radical (unpaired) electrons. The van der Waals surface area contributed by atoms with Crippen LogP contribution in [0.3, 0.4) is 0 Å². The number of imidazole rings is 1. The first-order valence-electron chi connectivity index (χ1n) is 3.79. The summed E-state index contributed by atoms with van der Waals surface area (Å²) in [6.07, 6.45) is 1.41. The minimum absolute atomic E-state index is 0.170. The van der Waals surface area contributed by atoms with Crippen molar-refractivity contribution in [2.24, 2.45) is 0 Å². The lowest BCUT2D eigenvalue weighted by atomic mass is 10.5. The molecule has 2 heterocycles. The van der Waals surface area contributed by atoms with Crippen molar-refractivity contribution in [1.29, 1.82) is 0 Å². The zero-order valence-corrected chi connectivity index (χ0v) is 6.94. The lowest BCUT2D eigenvalue weighted by molar-refractivity contribution is 0.209. The molecule has 0 aliphatic carbocycles. The predicted molar refractivity (Wildman–Crippen MR) is 46.8 cm³/mol. The summed E-state index contributed by atoms with van der Waals surface area (Å²) in [6, 6.07) is 2.72. The highest BCUT2D eigenvalue weighted by molar-refractivity contribution is 5.81. The zero-order chi connectivity index (χ0) is 10.1. The topological polar surface area (TPSA) is 66.6 Å². The standard InChI is InChI=1S/C8H6FN3O2/c9-5-1-2-7-10-6(11-8(13)14)4-12(7)3-5/h1-4,11H,(H,13,14). The van der Waals surface area contributed by atoms with Crippen LogP contribution in [-0.2, 0) is 0 Å². The van der Waals surface area contributed by atoms with Crippen molar-refractivity contribution in [3.63, 3.8) is 0 Å². The van der Waals surface area contributed by atoms with Crippen LogP contribution < -0.4 is 5.32 Å². The average molecular weight is 195 g/mol. The third-order valence-corrected chi connectivity index (χ3v) is 1.65. The third-order valence-electron chi connectivity index (χ3n) is 1.65. The van der Waals surface area contributed by atoms with Crippen molar-refractivity contribution in [2.45, 2.75) is 0 Å². The fourth-order valence-electron chi connectivity index (χ4n) is 1.13.